The van der Waals surface area contributed by atoms with Gasteiger partial charge in [-0.25, -0.2) is 9.78 Å². The molecule has 9 heteroatoms. The molecule has 2 heterocycles. The first-order valence-electron chi connectivity index (χ1n) is 13.7. The Kier molecular flexibility index (Phi) is 9.46. The highest BCUT2D eigenvalue weighted by Crippen LogP contribution is 2.34. The van der Waals surface area contributed by atoms with Crippen molar-refractivity contribution in [3.63, 3.8) is 0 Å². The molecule has 1 aromatic carbocycles. The molecule has 3 aromatic rings. The number of nitrogens with one attached hydrogen (secondary N) is 1. The summed E-state index contributed by atoms with van der Waals surface area (Å²) in [7, 11) is 2.50. The summed E-state index contributed by atoms with van der Waals surface area (Å²) in [5.74, 6) is 3.41. The second-order valence-corrected chi connectivity index (χ2v) is 15.3. The van der Waals surface area contributed by atoms with Crippen LogP contribution in [0.2, 0.25) is 11.1 Å². The first-order valence-corrected chi connectivity index (χ1v) is 15.3. The molecule has 1 radical (unpaired) electrons. The molecule has 0 aliphatic heterocycles. The van der Waals surface area contributed by atoms with Gasteiger partial charge in [-0.2, -0.15) is 5.10 Å². The minimum Gasteiger partial charge on any atom is -0.444 e. The van der Waals surface area contributed by atoms with E-state index < -0.39 is 26.5 Å². The maximum Gasteiger partial charge on any atom is 0.410 e. The Morgan fingerprint density at radius 1 is 1.07 bits per heavy atom. The average molecular weight is 561 g/mol. The van der Waals surface area contributed by atoms with Crippen molar-refractivity contribution in [2.24, 2.45) is 7.05 Å². The zero-order valence-electron chi connectivity index (χ0n) is 25.6. The number of likely N-dealkylation sites (N-methyl/N-ethyl adjacent to an activating group) is 1. The lowest BCUT2D eigenvalue weighted by atomic mass is 9.95. The zero-order valence-corrected chi connectivity index (χ0v) is 26.6. The number of hydrogen-bond acceptors (Lipinski definition) is 5. The normalized spacial score (nSPS) is 12.4. The summed E-state index contributed by atoms with van der Waals surface area (Å²) >= 11 is 0. The Hall–Kier alpha value is -3.64. The highest BCUT2D eigenvalue weighted by atomic mass is 28.3. The van der Waals surface area contributed by atoms with E-state index in [0.29, 0.717) is 22.6 Å². The van der Waals surface area contributed by atoms with Crippen molar-refractivity contribution >= 4 is 37.5 Å². The van der Waals surface area contributed by atoms with Crippen molar-refractivity contribution in [3.05, 3.63) is 41.7 Å². The smallest absolute Gasteiger partial charge is 0.410 e. The summed E-state index contributed by atoms with van der Waals surface area (Å²) < 4.78 is 7.27. The molecule has 1 N–H and O–H groups in total. The van der Waals surface area contributed by atoms with Gasteiger partial charge >= 0.3 is 6.09 Å². The number of aromatic nitrogens is 3. The highest BCUT2D eigenvalue weighted by Gasteiger charge is 2.27. The summed E-state index contributed by atoms with van der Waals surface area (Å²) in [6.45, 7) is 18.0. The van der Waals surface area contributed by atoms with E-state index in [1.54, 1.807) is 40.8 Å². The largest absolute Gasteiger partial charge is 0.444 e. The number of carbonyl (C=O) groups excluding carboxylic acids is 2. The van der Waals surface area contributed by atoms with Gasteiger partial charge in [-0.15, -0.1) is 5.54 Å². The van der Waals surface area contributed by atoms with E-state index in [1.165, 1.54) is 4.90 Å². The number of carbonyl (C=O) groups is 2. The molecule has 0 fully saturated rings. The lowest BCUT2D eigenvalue weighted by Crippen LogP contribution is -2.45. The van der Waals surface area contributed by atoms with Crippen LogP contribution >= 0.6 is 0 Å². The van der Waals surface area contributed by atoms with Crippen LogP contribution in [0.5, 0.6) is 0 Å². The summed E-state index contributed by atoms with van der Waals surface area (Å²) in [4.78, 5) is 31.7. The molecule has 0 aliphatic carbocycles. The van der Waals surface area contributed by atoms with Crippen LogP contribution in [0, 0.1) is 18.4 Å². The Bertz CT molecular complexity index is 1450. The Morgan fingerprint density at radius 3 is 2.33 bits per heavy atom. The number of ether oxygens (including phenoxy) is 1. The fraction of sp³-hybridized carbons (Fsp3) is 0.484. The third kappa shape index (κ3) is 7.10. The Balaban J connectivity index is 2.05. The molecule has 1 atom stereocenters. The van der Waals surface area contributed by atoms with Crippen LogP contribution in [0.25, 0.3) is 22.0 Å². The van der Waals surface area contributed by atoms with E-state index >= 15 is 0 Å². The van der Waals surface area contributed by atoms with Gasteiger partial charge in [-0.3, -0.25) is 14.4 Å². The summed E-state index contributed by atoms with van der Waals surface area (Å²) in [6.07, 6.45) is 1.30. The molecule has 0 spiro atoms. The maximum atomic E-state index is 13.1. The lowest BCUT2D eigenvalue weighted by Gasteiger charge is -2.28. The molecule has 2 amide bonds. The predicted octanol–water partition coefficient (Wildman–Crippen LogP) is 6.34. The van der Waals surface area contributed by atoms with Crippen molar-refractivity contribution in [1.29, 1.82) is 0 Å². The first kappa shape index (κ1) is 30.9. The quantitative estimate of drug-likeness (QED) is 0.281. The molecular weight excluding hydrogens is 518 g/mol. The summed E-state index contributed by atoms with van der Waals surface area (Å²) in [5, 5.41) is 8.36. The third-order valence-corrected chi connectivity index (χ3v) is 9.67. The van der Waals surface area contributed by atoms with Gasteiger partial charge in [-0.05, 0) is 75.0 Å². The fourth-order valence-electron chi connectivity index (χ4n) is 4.51. The van der Waals surface area contributed by atoms with Gasteiger partial charge in [-0.1, -0.05) is 39.7 Å². The fourth-order valence-corrected chi connectivity index (χ4v) is 6.68. The van der Waals surface area contributed by atoms with Crippen LogP contribution in [0.15, 0.2) is 30.5 Å². The van der Waals surface area contributed by atoms with E-state index in [0.717, 1.165) is 27.6 Å². The van der Waals surface area contributed by atoms with Crippen LogP contribution in [0.3, 0.4) is 0 Å². The molecule has 3 rings (SSSR count). The topological polar surface area (TPSA) is 89.4 Å². The number of pyridine rings is 1. The minimum absolute atomic E-state index is 0.368. The number of rotatable bonds is 6. The molecule has 0 bridgehead atoms. The van der Waals surface area contributed by atoms with Crippen molar-refractivity contribution in [3.8, 4) is 22.6 Å². The maximum absolute atomic E-state index is 13.1. The number of aryl methyl sites for hydroxylation is 2. The summed E-state index contributed by atoms with van der Waals surface area (Å²) in [6, 6.07) is 7.12. The van der Waals surface area contributed by atoms with Crippen molar-refractivity contribution in [2.75, 3.05) is 12.4 Å². The van der Waals surface area contributed by atoms with E-state index in [-0.39, 0.29) is 5.91 Å². The first-order chi connectivity index (χ1) is 18.6. The van der Waals surface area contributed by atoms with Crippen molar-refractivity contribution in [1.82, 2.24) is 19.7 Å². The second kappa shape index (κ2) is 12.3. The number of benzene rings is 1. The van der Waals surface area contributed by atoms with Crippen LogP contribution < -0.4 is 5.32 Å². The molecule has 0 aliphatic rings. The van der Waals surface area contributed by atoms with E-state index in [2.05, 4.69) is 68.6 Å². The molecule has 2 aromatic heterocycles. The van der Waals surface area contributed by atoms with E-state index in [9.17, 15) is 9.59 Å². The molecule has 213 valence electrons. The number of nitrogens with zero attached hydrogens (tertiary/aromatic N) is 4. The number of amides is 2. The molecule has 0 saturated carbocycles. The van der Waals surface area contributed by atoms with E-state index in [4.69, 9.17) is 9.72 Å². The number of hydrogen-bond donors (Lipinski definition) is 1. The predicted molar refractivity (Wildman–Crippen MR) is 164 cm³/mol. The van der Waals surface area contributed by atoms with Gasteiger partial charge < -0.3 is 10.1 Å². The third-order valence-electron chi connectivity index (χ3n) is 6.77. The molecule has 1 unspecified atom stereocenters. The van der Waals surface area contributed by atoms with Crippen molar-refractivity contribution < 1.29 is 14.3 Å². The average Bonchev–Trinajstić information content (AvgIpc) is 3.22. The molecular formula is C31H42N5O3Si. The number of fused-ring (bicyclic) bond motifs is 1. The SMILES string of the molecule is Cc1ccc2c(cnn2C)c1-c1ccc(NC(=O)C(C)N(C)C(=O)OC(C)(C)C)nc1C#C[Si](C(C)C)C(C)C. The van der Waals surface area contributed by atoms with Crippen LogP contribution in [-0.2, 0) is 16.6 Å². The summed E-state index contributed by atoms with van der Waals surface area (Å²) in [5.41, 5.74) is 8.51. The van der Waals surface area contributed by atoms with Gasteiger partial charge in [0.15, 0.2) is 8.80 Å². The molecule has 0 saturated heterocycles. The second-order valence-electron chi connectivity index (χ2n) is 11.8. The van der Waals surface area contributed by atoms with Crippen LogP contribution in [0.1, 0.15) is 66.6 Å². The minimum atomic E-state index is -0.969. The van der Waals surface area contributed by atoms with E-state index in [1.807, 2.05) is 24.0 Å². The van der Waals surface area contributed by atoms with Crippen LogP contribution in [0.4, 0.5) is 10.6 Å². The van der Waals surface area contributed by atoms with Gasteiger partial charge in [0.25, 0.3) is 0 Å². The Labute approximate surface area is 240 Å². The monoisotopic (exact) mass is 560 g/mol. The Morgan fingerprint density at radius 2 is 1.73 bits per heavy atom. The van der Waals surface area contributed by atoms with Crippen molar-refractivity contribution in [2.45, 2.75) is 85.0 Å². The van der Waals surface area contributed by atoms with Gasteiger partial charge in [0.1, 0.15) is 23.2 Å². The van der Waals surface area contributed by atoms with Crippen LogP contribution in [-0.4, -0.2) is 59.2 Å². The van der Waals surface area contributed by atoms with Gasteiger partial charge in [0.05, 0.1) is 11.7 Å². The standard InChI is InChI=1S/C31H42N5O3Si/c1-19(2)40(20(3)4)17-16-25-23(28-21(5)12-14-26-24(28)18-32-36(26)11)13-15-27(33-25)34-29(37)22(6)35(10)30(38)39-31(7,8)9/h12-15,18-20,22H,1-11H3,(H,33,34,37). The highest BCUT2D eigenvalue weighted by molar-refractivity contribution is 6.70. The molecule has 40 heavy (non-hydrogen) atoms. The zero-order chi connectivity index (χ0) is 29.9. The number of anilines is 1. The van der Waals surface area contributed by atoms with Gasteiger partial charge in [0, 0.05) is 25.0 Å². The molecule has 8 nitrogen and oxygen atoms in total. The lowest BCUT2D eigenvalue weighted by molar-refractivity contribution is -0.120. The van der Waals surface area contributed by atoms with Gasteiger partial charge in [0.2, 0.25) is 5.91 Å².